The SMILES string of the molecule is C[Si](C)(C)c1ccc(-c2[c-]cccc2)nc1.[2H]C(C)(C)c1ccnc(-c2[c-]cc(F)c3c2sc2ccccc23)c1.[Ir]. The average Bonchev–Trinajstić information content (AvgIpc) is 3.34. The maximum atomic E-state index is 14.4. The van der Waals surface area contributed by atoms with E-state index in [0.717, 1.165) is 42.9 Å². The number of hydrogen-bond acceptors (Lipinski definition) is 3. The van der Waals surface area contributed by atoms with E-state index in [2.05, 4.69) is 53.9 Å². The molecule has 0 saturated heterocycles. The minimum absolute atomic E-state index is 0. The molecule has 0 unspecified atom stereocenters. The summed E-state index contributed by atoms with van der Waals surface area (Å²) in [6.45, 7) is 10.7. The zero-order valence-corrected chi connectivity index (χ0v) is 27.4. The number of thiophene rings is 1. The van der Waals surface area contributed by atoms with Crippen molar-refractivity contribution in [2.45, 2.75) is 39.4 Å². The first-order chi connectivity index (χ1) is 19.0. The van der Waals surface area contributed by atoms with E-state index in [1.54, 1.807) is 17.5 Å². The standard InChI is InChI=1S/C20H15FNS.C14H16NSi.Ir/c1-12(2)13-9-10-22-17(11-13)14-7-8-16(21)19-15-5-3-4-6-18(15)23-20(14)19;1-16(2,3)13-9-10-14(15-11-13)12-7-5-4-6-8-12;/h3-6,8-12H,1-2H3;4-7,9-11H,1-3H3;/q2*-1;/i12D;;. The van der Waals surface area contributed by atoms with Crippen molar-refractivity contribution in [3.05, 3.63) is 115 Å². The second-order valence-corrected chi connectivity index (χ2v) is 16.8. The fourth-order valence-electron chi connectivity index (χ4n) is 4.35. The molecule has 3 aromatic heterocycles. The summed E-state index contributed by atoms with van der Waals surface area (Å²) in [5.41, 5.74) is 4.45. The third-order valence-electron chi connectivity index (χ3n) is 6.61. The summed E-state index contributed by atoms with van der Waals surface area (Å²) >= 11 is 1.55. The van der Waals surface area contributed by atoms with Crippen LogP contribution in [0.4, 0.5) is 4.39 Å². The predicted octanol–water partition coefficient (Wildman–Crippen LogP) is 9.27. The summed E-state index contributed by atoms with van der Waals surface area (Å²) in [6, 6.07) is 31.4. The third-order valence-corrected chi connectivity index (χ3v) is 9.83. The molecule has 6 rings (SSSR count). The number of benzene rings is 3. The van der Waals surface area contributed by atoms with Crippen molar-refractivity contribution in [1.82, 2.24) is 9.97 Å². The van der Waals surface area contributed by atoms with E-state index in [0.29, 0.717) is 5.39 Å². The molecule has 0 aliphatic heterocycles. The predicted molar refractivity (Wildman–Crippen MR) is 167 cm³/mol. The van der Waals surface area contributed by atoms with Crippen molar-refractivity contribution < 1.29 is 25.9 Å². The summed E-state index contributed by atoms with van der Waals surface area (Å²) < 4.78 is 24.6. The number of pyridine rings is 2. The van der Waals surface area contributed by atoms with Gasteiger partial charge < -0.3 is 9.97 Å². The Labute approximate surface area is 256 Å². The minimum atomic E-state index is -1.23. The molecule has 0 N–H and O–H groups in total. The monoisotopic (exact) mass is 740 g/mol. The number of halogens is 1. The number of rotatable bonds is 4. The van der Waals surface area contributed by atoms with Gasteiger partial charge in [0.15, 0.2) is 0 Å². The second-order valence-electron chi connectivity index (χ2n) is 10.7. The topological polar surface area (TPSA) is 25.8 Å². The molecule has 205 valence electrons. The summed E-state index contributed by atoms with van der Waals surface area (Å²) in [5.74, 6) is -0.972. The van der Waals surface area contributed by atoms with E-state index >= 15 is 0 Å². The van der Waals surface area contributed by atoms with Crippen LogP contribution in [0.2, 0.25) is 19.6 Å². The Balaban J connectivity index is 0.000000200. The van der Waals surface area contributed by atoms with Gasteiger partial charge in [0, 0.05) is 44.4 Å². The van der Waals surface area contributed by atoms with Gasteiger partial charge in [0.25, 0.3) is 0 Å². The number of hydrogen-bond donors (Lipinski definition) is 0. The van der Waals surface area contributed by atoms with Crippen molar-refractivity contribution in [2.75, 3.05) is 0 Å². The van der Waals surface area contributed by atoms with Crippen LogP contribution in [0, 0.1) is 17.9 Å². The van der Waals surface area contributed by atoms with Gasteiger partial charge in [0.05, 0.1) is 8.07 Å². The van der Waals surface area contributed by atoms with Gasteiger partial charge in [-0.25, -0.2) is 0 Å². The number of aromatic nitrogens is 2. The van der Waals surface area contributed by atoms with Crippen LogP contribution in [0.1, 0.15) is 26.7 Å². The summed E-state index contributed by atoms with van der Waals surface area (Å²) in [6.07, 6.45) is 3.72. The van der Waals surface area contributed by atoms with Crippen molar-refractivity contribution in [1.29, 1.82) is 0 Å². The Hall–Kier alpha value is -3.02. The molecule has 0 aliphatic carbocycles. The van der Waals surface area contributed by atoms with Crippen LogP contribution in [-0.4, -0.2) is 18.0 Å². The van der Waals surface area contributed by atoms with Crippen LogP contribution in [0.25, 0.3) is 42.7 Å². The molecule has 6 heteroatoms. The molecule has 0 aliphatic rings. The van der Waals surface area contributed by atoms with Crippen molar-refractivity contribution in [3.8, 4) is 22.5 Å². The van der Waals surface area contributed by atoms with Gasteiger partial charge in [0.2, 0.25) is 0 Å². The molecule has 3 heterocycles. The molecular weight excluding hydrogens is 708 g/mol. The van der Waals surface area contributed by atoms with E-state index in [-0.39, 0.29) is 25.9 Å². The Morgan fingerprint density at radius 2 is 1.70 bits per heavy atom. The minimum Gasteiger partial charge on any atom is -0.305 e. The van der Waals surface area contributed by atoms with Gasteiger partial charge in [-0.1, -0.05) is 75.5 Å². The van der Waals surface area contributed by atoms with Crippen molar-refractivity contribution >= 4 is 44.8 Å². The average molecular weight is 740 g/mol. The first-order valence-corrected chi connectivity index (χ1v) is 17.3. The molecule has 0 amide bonds. The smallest absolute Gasteiger partial charge is 0.0795 e. The molecule has 3 aromatic carbocycles. The van der Waals surface area contributed by atoms with Crippen LogP contribution in [0.3, 0.4) is 0 Å². The Bertz CT molecular complexity index is 1780. The quantitative estimate of drug-likeness (QED) is 0.133. The van der Waals surface area contributed by atoms with Crippen LogP contribution in [0.5, 0.6) is 0 Å². The van der Waals surface area contributed by atoms with Gasteiger partial charge in [-0.2, -0.15) is 11.3 Å². The van der Waals surface area contributed by atoms with Gasteiger partial charge in [-0.3, -0.25) is 4.39 Å². The van der Waals surface area contributed by atoms with Crippen LogP contribution >= 0.6 is 11.3 Å². The molecule has 2 nitrogen and oxygen atoms in total. The third kappa shape index (κ3) is 6.47. The zero-order chi connectivity index (χ0) is 28.5. The summed E-state index contributed by atoms with van der Waals surface area (Å²) in [5, 5.41) is 2.94. The molecule has 0 bridgehead atoms. The van der Waals surface area contributed by atoms with E-state index in [1.807, 2.05) is 80.7 Å². The Morgan fingerprint density at radius 3 is 2.38 bits per heavy atom. The maximum Gasteiger partial charge on any atom is 0.0795 e. The van der Waals surface area contributed by atoms with Crippen LogP contribution in [0.15, 0.2) is 91.3 Å². The van der Waals surface area contributed by atoms with E-state index in [9.17, 15) is 4.39 Å². The van der Waals surface area contributed by atoms with Crippen molar-refractivity contribution in [2.24, 2.45) is 0 Å². The van der Waals surface area contributed by atoms with E-state index < -0.39 is 14.0 Å². The Kier molecular flexibility index (Phi) is 9.02. The summed E-state index contributed by atoms with van der Waals surface area (Å²) in [4.78, 5) is 8.96. The first kappa shape index (κ1) is 28.5. The van der Waals surface area contributed by atoms with Crippen molar-refractivity contribution in [3.63, 3.8) is 0 Å². The molecule has 6 aromatic rings. The zero-order valence-electron chi connectivity index (χ0n) is 24.2. The van der Waals surface area contributed by atoms with Gasteiger partial charge >= 0.3 is 0 Å². The number of fused-ring (bicyclic) bond motifs is 3. The van der Waals surface area contributed by atoms with Gasteiger partial charge in [-0.05, 0) is 50.1 Å². The molecule has 0 saturated carbocycles. The normalized spacial score (nSPS) is 11.9. The first-order valence-electron chi connectivity index (χ1n) is 13.4. The second kappa shape index (κ2) is 12.7. The fraction of sp³-hybridized carbons (Fsp3) is 0.176. The summed E-state index contributed by atoms with van der Waals surface area (Å²) in [7, 11) is -1.23. The largest absolute Gasteiger partial charge is 0.305 e. The maximum absolute atomic E-state index is 14.4. The van der Waals surface area contributed by atoms with Gasteiger partial charge in [0.1, 0.15) is 0 Å². The fourth-order valence-corrected chi connectivity index (χ4v) is 6.61. The molecule has 40 heavy (non-hydrogen) atoms. The Morgan fingerprint density at radius 1 is 0.925 bits per heavy atom. The molecule has 0 spiro atoms. The van der Waals surface area contributed by atoms with Gasteiger partial charge in [-0.15, -0.1) is 53.6 Å². The molecule has 0 fully saturated rings. The van der Waals surface area contributed by atoms with E-state index in [4.69, 9.17) is 1.37 Å². The van der Waals surface area contributed by atoms with E-state index in [1.165, 1.54) is 11.3 Å². The number of nitrogens with zero attached hydrogens (tertiary/aromatic N) is 2. The molecule has 1 radical (unpaired) electrons. The molecular formula is C34H31FIrN2SSi-2. The van der Waals surface area contributed by atoms with Crippen LogP contribution < -0.4 is 5.19 Å². The van der Waals surface area contributed by atoms with Crippen LogP contribution in [-0.2, 0) is 20.1 Å². The molecule has 0 atom stereocenters.